The number of nitrogens with two attached hydrogens (primary N) is 1. The molecular weight excluding hydrogens is 282 g/mol. The van der Waals surface area contributed by atoms with Crippen LogP contribution in [0.5, 0.6) is 5.75 Å². The van der Waals surface area contributed by atoms with Crippen LogP contribution >= 0.6 is 15.9 Å². The highest BCUT2D eigenvalue weighted by Gasteiger charge is 2.12. The summed E-state index contributed by atoms with van der Waals surface area (Å²) in [7, 11) is 1.63. The molecule has 0 aliphatic heterocycles. The molecule has 0 aliphatic rings. The normalized spacial score (nSPS) is 12.2. The van der Waals surface area contributed by atoms with Crippen LogP contribution in [-0.2, 0) is 0 Å². The van der Waals surface area contributed by atoms with Gasteiger partial charge in [-0.1, -0.05) is 6.07 Å². The number of hydrogen-bond acceptors (Lipinski definition) is 4. The molecule has 0 saturated carbocycles. The molecule has 2 N–H and O–H groups in total. The standard InChI is InChI=1S/C12H12BrN3O/c1-17-11-3-2-8(6-9(11)13)12(14)10-7-15-4-5-16-10/h2-7,12H,14H2,1H3. The Morgan fingerprint density at radius 2 is 2.18 bits per heavy atom. The van der Waals surface area contributed by atoms with Crippen molar-refractivity contribution in [1.82, 2.24) is 9.97 Å². The van der Waals surface area contributed by atoms with Crippen molar-refractivity contribution >= 4 is 15.9 Å². The minimum Gasteiger partial charge on any atom is -0.496 e. The molecule has 0 saturated heterocycles. The molecule has 0 bridgehead atoms. The fourth-order valence-corrected chi connectivity index (χ4v) is 2.08. The topological polar surface area (TPSA) is 61.0 Å². The number of nitrogens with zero attached hydrogens (tertiary/aromatic N) is 2. The highest BCUT2D eigenvalue weighted by molar-refractivity contribution is 9.10. The molecule has 1 heterocycles. The first-order valence-corrected chi connectivity index (χ1v) is 5.86. The molecule has 1 aromatic heterocycles. The summed E-state index contributed by atoms with van der Waals surface area (Å²) in [5.41, 5.74) is 7.81. The van der Waals surface area contributed by atoms with Gasteiger partial charge in [-0.15, -0.1) is 0 Å². The number of methoxy groups -OCH3 is 1. The highest BCUT2D eigenvalue weighted by atomic mass is 79.9. The molecule has 88 valence electrons. The summed E-state index contributed by atoms with van der Waals surface area (Å²) in [6.07, 6.45) is 4.93. The number of hydrogen-bond donors (Lipinski definition) is 1. The second kappa shape index (κ2) is 5.25. The molecule has 5 heteroatoms. The van der Waals surface area contributed by atoms with Gasteiger partial charge in [-0.05, 0) is 33.6 Å². The van der Waals surface area contributed by atoms with E-state index in [0.29, 0.717) is 0 Å². The van der Waals surface area contributed by atoms with Crippen LogP contribution in [0.15, 0.2) is 41.3 Å². The lowest BCUT2D eigenvalue weighted by molar-refractivity contribution is 0.412. The SMILES string of the molecule is COc1ccc(C(N)c2cnccn2)cc1Br. The third-order valence-corrected chi connectivity index (χ3v) is 3.06. The predicted molar refractivity (Wildman–Crippen MR) is 68.8 cm³/mol. The summed E-state index contributed by atoms with van der Waals surface area (Å²) in [5, 5.41) is 0. The van der Waals surface area contributed by atoms with E-state index in [9.17, 15) is 0 Å². The molecule has 0 radical (unpaired) electrons. The molecule has 2 aromatic rings. The van der Waals surface area contributed by atoms with Crippen molar-refractivity contribution in [3.63, 3.8) is 0 Å². The van der Waals surface area contributed by atoms with Gasteiger partial charge in [0.2, 0.25) is 0 Å². The van der Waals surface area contributed by atoms with Crippen LogP contribution in [0.2, 0.25) is 0 Å². The van der Waals surface area contributed by atoms with Gasteiger partial charge >= 0.3 is 0 Å². The summed E-state index contributed by atoms with van der Waals surface area (Å²) in [6, 6.07) is 5.43. The molecule has 1 atom stereocenters. The summed E-state index contributed by atoms with van der Waals surface area (Å²) in [4.78, 5) is 8.20. The first kappa shape index (κ1) is 12.0. The van der Waals surface area contributed by atoms with Gasteiger partial charge in [-0.25, -0.2) is 0 Å². The van der Waals surface area contributed by atoms with Crippen LogP contribution in [0, 0.1) is 0 Å². The summed E-state index contributed by atoms with van der Waals surface area (Å²) >= 11 is 3.43. The van der Waals surface area contributed by atoms with Crippen LogP contribution in [-0.4, -0.2) is 17.1 Å². The van der Waals surface area contributed by atoms with Gasteiger partial charge in [0.05, 0.1) is 29.5 Å². The van der Waals surface area contributed by atoms with Gasteiger partial charge < -0.3 is 10.5 Å². The van der Waals surface area contributed by atoms with Crippen molar-refractivity contribution in [1.29, 1.82) is 0 Å². The Morgan fingerprint density at radius 1 is 1.35 bits per heavy atom. The number of benzene rings is 1. The molecule has 0 amide bonds. The quantitative estimate of drug-likeness (QED) is 0.943. The van der Waals surface area contributed by atoms with Gasteiger partial charge in [-0.2, -0.15) is 0 Å². The summed E-state index contributed by atoms with van der Waals surface area (Å²) in [5.74, 6) is 0.778. The predicted octanol–water partition coefficient (Wildman–Crippen LogP) is 2.30. The lowest BCUT2D eigenvalue weighted by Crippen LogP contribution is -2.13. The first-order valence-electron chi connectivity index (χ1n) is 5.07. The van der Waals surface area contributed by atoms with E-state index < -0.39 is 0 Å². The van der Waals surface area contributed by atoms with Crippen LogP contribution in [0.4, 0.5) is 0 Å². The Balaban J connectivity index is 2.32. The van der Waals surface area contributed by atoms with Crippen molar-refractivity contribution in [3.8, 4) is 5.75 Å². The zero-order valence-electron chi connectivity index (χ0n) is 9.30. The maximum Gasteiger partial charge on any atom is 0.133 e. The Hall–Kier alpha value is -1.46. The Kier molecular flexibility index (Phi) is 3.71. The van der Waals surface area contributed by atoms with E-state index >= 15 is 0 Å². The molecule has 4 nitrogen and oxygen atoms in total. The van der Waals surface area contributed by atoms with Gasteiger partial charge in [0, 0.05) is 12.4 Å². The Morgan fingerprint density at radius 3 is 2.76 bits per heavy atom. The number of halogens is 1. The van der Waals surface area contributed by atoms with Gasteiger partial charge in [0.25, 0.3) is 0 Å². The van der Waals surface area contributed by atoms with E-state index in [1.165, 1.54) is 0 Å². The van der Waals surface area contributed by atoms with Crippen molar-refractivity contribution < 1.29 is 4.74 Å². The van der Waals surface area contributed by atoms with Crippen LogP contribution < -0.4 is 10.5 Å². The molecule has 0 spiro atoms. The average molecular weight is 294 g/mol. The van der Waals surface area contributed by atoms with Crippen molar-refractivity contribution in [2.24, 2.45) is 5.73 Å². The molecule has 1 aromatic carbocycles. The number of ether oxygens (including phenoxy) is 1. The Bertz CT molecular complexity index is 504. The zero-order chi connectivity index (χ0) is 12.3. The number of rotatable bonds is 3. The third-order valence-electron chi connectivity index (χ3n) is 2.44. The minimum atomic E-state index is -0.286. The van der Waals surface area contributed by atoms with E-state index in [2.05, 4.69) is 25.9 Å². The van der Waals surface area contributed by atoms with Crippen LogP contribution in [0.1, 0.15) is 17.3 Å². The van der Waals surface area contributed by atoms with Gasteiger partial charge in [-0.3, -0.25) is 9.97 Å². The average Bonchev–Trinajstić information content (AvgIpc) is 2.39. The third kappa shape index (κ3) is 2.62. The van der Waals surface area contributed by atoms with E-state index in [4.69, 9.17) is 10.5 Å². The van der Waals surface area contributed by atoms with Crippen molar-refractivity contribution in [2.45, 2.75) is 6.04 Å². The second-order valence-electron chi connectivity index (χ2n) is 3.50. The molecule has 17 heavy (non-hydrogen) atoms. The fourth-order valence-electron chi connectivity index (χ4n) is 1.52. The van der Waals surface area contributed by atoms with E-state index in [0.717, 1.165) is 21.5 Å². The van der Waals surface area contributed by atoms with E-state index in [1.54, 1.807) is 25.7 Å². The number of aromatic nitrogens is 2. The molecule has 1 unspecified atom stereocenters. The lowest BCUT2D eigenvalue weighted by Gasteiger charge is -2.12. The molecular formula is C12H12BrN3O. The highest BCUT2D eigenvalue weighted by Crippen LogP contribution is 2.28. The van der Waals surface area contributed by atoms with Crippen LogP contribution in [0.25, 0.3) is 0 Å². The smallest absolute Gasteiger partial charge is 0.133 e. The van der Waals surface area contributed by atoms with Gasteiger partial charge in [0.1, 0.15) is 5.75 Å². The van der Waals surface area contributed by atoms with Crippen molar-refractivity contribution in [3.05, 3.63) is 52.5 Å². The van der Waals surface area contributed by atoms with E-state index in [-0.39, 0.29) is 6.04 Å². The van der Waals surface area contributed by atoms with Crippen LogP contribution in [0.3, 0.4) is 0 Å². The maximum atomic E-state index is 6.11. The summed E-state index contributed by atoms with van der Waals surface area (Å²) in [6.45, 7) is 0. The fraction of sp³-hybridized carbons (Fsp3) is 0.167. The molecule has 0 aliphatic carbocycles. The zero-order valence-corrected chi connectivity index (χ0v) is 10.9. The maximum absolute atomic E-state index is 6.11. The Labute approximate surface area is 108 Å². The lowest BCUT2D eigenvalue weighted by atomic mass is 10.1. The van der Waals surface area contributed by atoms with E-state index in [1.807, 2.05) is 18.2 Å². The van der Waals surface area contributed by atoms with Crippen molar-refractivity contribution in [2.75, 3.05) is 7.11 Å². The molecule has 2 rings (SSSR count). The monoisotopic (exact) mass is 293 g/mol. The summed E-state index contributed by atoms with van der Waals surface area (Å²) < 4.78 is 6.04. The first-order chi connectivity index (χ1) is 8.22. The second-order valence-corrected chi connectivity index (χ2v) is 4.36. The van der Waals surface area contributed by atoms with Gasteiger partial charge in [0.15, 0.2) is 0 Å². The minimum absolute atomic E-state index is 0.286. The largest absolute Gasteiger partial charge is 0.496 e. The molecule has 0 fully saturated rings.